The van der Waals surface area contributed by atoms with Crippen molar-refractivity contribution in [3.05, 3.63) is 34.6 Å². The summed E-state index contributed by atoms with van der Waals surface area (Å²) in [6, 6.07) is 3.74. The number of rotatable bonds is 4. The van der Waals surface area contributed by atoms with E-state index >= 15 is 0 Å². The number of nitrogens with one attached hydrogen (secondary N) is 1. The topological polar surface area (TPSA) is 66.5 Å². The Kier molecular flexibility index (Phi) is 5.52. The van der Waals surface area contributed by atoms with Gasteiger partial charge < -0.3 is 10.2 Å². The standard InChI is InChI=1S/C15H20ClFN2O3S/c1-10(12-3-4-14(17)13(16)7-12)18-15(20)19-6-5-11(8-19)9-23(2,21)22/h3-4,7,10-11H,5-6,8-9H2,1-2H3,(H,18,20)/t10-,11-/m1/s1. The molecule has 5 nitrogen and oxygen atoms in total. The number of hydrogen-bond donors (Lipinski definition) is 1. The highest BCUT2D eigenvalue weighted by Gasteiger charge is 2.29. The molecule has 0 aromatic heterocycles. The van der Waals surface area contributed by atoms with Gasteiger partial charge in [0.15, 0.2) is 0 Å². The van der Waals surface area contributed by atoms with E-state index < -0.39 is 15.7 Å². The molecule has 0 aliphatic carbocycles. The zero-order valence-corrected chi connectivity index (χ0v) is 14.6. The van der Waals surface area contributed by atoms with Gasteiger partial charge in [-0.3, -0.25) is 0 Å². The number of amides is 2. The van der Waals surface area contributed by atoms with Crippen molar-refractivity contribution in [1.82, 2.24) is 10.2 Å². The molecular weight excluding hydrogens is 343 g/mol. The molecule has 8 heteroatoms. The Morgan fingerprint density at radius 3 is 2.83 bits per heavy atom. The van der Waals surface area contributed by atoms with Crippen LogP contribution in [0.25, 0.3) is 0 Å². The molecule has 1 heterocycles. The molecule has 0 saturated carbocycles. The summed E-state index contributed by atoms with van der Waals surface area (Å²) < 4.78 is 35.8. The number of likely N-dealkylation sites (tertiary alicyclic amines) is 1. The first kappa shape index (κ1) is 18.0. The minimum atomic E-state index is -3.04. The summed E-state index contributed by atoms with van der Waals surface area (Å²) in [7, 11) is -3.04. The van der Waals surface area contributed by atoms with Gasteiger partial charge in [-0.15, -0.1) is 0 Å². The van der Waals surface area contributed by atoms with E-state index in [1.54, 1.807) is 17.9 Å². The molecule has 23 heavy (non-hydrogen) atoms. The Labute approximate surface area is 140 Å². The Hall–Kier alpha value is -1.34. The van der Waals surface area contributed by atoms with Gasteiger partial charge in [0.1, 0.15) is 15.7 Å². The number of sulfone groups is 1. The molecule has 1 aliphatic rings. The van der Waals surface area contributed by atoms with Crippen LogP contribution in [0.3, 0.4) is 0 Å². The number of carbonyl (C=O) groups excluding carboxylic acids is 1. The van der Waals surface area contributed by atoms with Crippen LogP contribution in [0.5, 0.6) is 0 Å². The van der Waals surface area contributed by atoms with Gasteiger partial charge in [-0.2, -0.15) is 0 Å². The fourth-order valence-corrected chi connectivity index (χ4v) is 4.04. The highest BCUT2D eigenvalue weighted by atomic mass is 35.5. The lowest BCUT2D eigenvalue weighted by Gasteiger charge is -2.21. The largest absolute Gasteiger partial charge is 0.331 e. The van der Waals surface area contributed by atoms with E-state index in [0.29, 0.717) is 25.1 Å². The number of benzene rings is 1. The number of halogens is 2. The lowest BCUT2D eigenvalue weighted by atomic mass is 10.1. The Bertz CT molecular complexity index is 696. The van der Waals surface area contributed by atoms with Gasteiger partial charge >= 0.3 is 6.03 Å². The summed E-state index contributed by atoms with van der Waals surface area (Å²) in [5.74, 6) is -0.427. The van der Waals surface area contributed by atoms with Crippen molar-refractivity contribution < 1.29 is 17.6 Å². The molecule has 128 valence electrons. The highest BCUT2D eigenvalue weighted by molar-refractivity contribution is 7.90. The Morgan fingerprint density at radius 2 is 2.22 bits per heavy atom. The smallest absolute Gasteiger partial charge is 0.317 e. The van der Waals surface area contributed by atoms with Gasteiger partial charge in [0.2, 0.25) is 0 Å². The predicted octanol–water partition coefficient (Wildman–Crippen LogP) is 2.62. The van der Waals surface area contributed by atoms with Gasteiger partial charge in [-0.05, 0) is 37.0 Å². The molecule has 1 aromatic rings. The van der Waals surface area contributed by atoms with Gasteiger partial charge in [-0.1, -0.05) is 17.7 Å². The van der Waals surface area contributed by atoms with Crippen LogP contribution >= 0.6 is 11.6 Å². The highest BCUT2D eigenvalue weighted by Crippen LogP contribution is 2.22. The molecule has 2 amide bonds. The molecule has 1 N–H and O–H groups in total. The van der Waals surface area contributed by atoms with Gasteiger partial charge in [0, 0.05) is 19.3 Å². The maximum Gasteiger partial charge on any atom is 0.317 e. The minimum absolute atomic E-state index is 0.0120. The second kappa shape index (κ2) is 7.05. The van der Waals surface area contributed by atoms with Crippen LogP contribution in [0.4, 0.5) is 9.18 Å². The van der Waals surface area contributed by atoms with Crippen LogP contribution in [0.1, 0.15) is 24.9 Å². The van der Waals surface area contributed by atoms with E-state index in [4.69, 9.17) is 11.6 Å². The second-order valence-electron chi connectivity index (χ2n) is 6.04. The zero-order valence-electron chi connectivity index (χ0n) is 13.1. The summed E-state index contributed by atoms with van der Waals surface area (Å²) in [5, 5.41) is 2.84. The SMILES string of the molecule is C[C@@H](NC(=O)N1CC[C@@H](CS(C)(=O)=O)C1)c1ccc(F)c(Cl)c1. The quantitative estimate of drug-likeness (QED) is 0.895. The van der Waals surface area contributed by atoms with E-state index in [-0.39, 0.29) is 28.8 Å². The van der Waals surface area contributed by atoms with E-state index in [1.807, 2.05) is 0 Å². The van der Waals surface area contributed by atoms with Crippen molar-refractivity contribution >= 4 is 27.5 Å². The minimum Gasteiger partial charge on any atom is -0.331 e. The molecule has 1 aromatic carbocycles. The van der Waals surface area contributed by atoms with E-state index in [2.05, 4.69) is 5.32 Å². The molecule has 1 fully saturated rings. The van der Waals surface area contributed by atoms with Crippen molar-refractivity contribution in [2.75, 3.05) is 25.1 Å². The Morgan fingerprint density at radius 1 is 1.52 bits per heavy atom. The molecule has 0 spiro atoms. The Balaban J connectivity index is 1.93. The van der Waals surface area contributed by atoms with Crippen LogP contribution in [0, 0.1) is 11.7 Å². The lowest BCUT2D eigenvalue weighted by molar-refractivity contribution is 0.204. The summed E-state index contributed by atoms with van der Waals surface area (Å²) in [6.07, 6.45) is 1.88. The van der Waals surface area contributed by atoms with Crippen LogP contribution < -0.4 is 5.32 Å². The van der Waals surface area contributed by atoms with E-state index in [0.717, 1.165) is 0 Å². The maximum atomic E-state index is 13.2. The van der Waals surface area contributed by atoms with Crippen LogP contribution in [-0.2, 0) is 9.84 Å². The molecule has 2 atom stereocenters. The third-order valence-corrected chi connectivity index (χ3v) is 5.26. The number of urea groups is 1. The molecule has 1 saturated heterocycles. The summed E-state index contributed by atoms with van der Waals surface area (Å²) >= 11 is 5.75. The second-order valence-corrected chi connectivity index (χ2v) is 8.63. The normalized spacial score (nSPS) is 19.7. The van der Waals surface area contributed by atoms with Crippen LogP contribution in [0.2, 0.25) is 5.02 Å². The van der Waals surface area contributed by atoms with Crippen molar-refractivity contribution in [2.24, 2.45) is 5.92 Å². The van der Waals surface area contributed by atoms with Gasteiger partial charge in [0.25, 0.3) is 0 Å². The molecule has 0 radical (unpaired) electrons. The zero-order chi connectivity index (χ0) is 17.2. The van der Waals surface area contributed by atoms with Crippen molar-refractivity contribution in [3.63, 3.8) is 0 Å². The molecule has 0 unspecified atom stereocenters. The third kappa shape index (κ3) is 5.07. The van der Waals surface area contributed by atoms with Crippen molar-refractivity contribution in [1.29, 1.82) is 0 Å². The molecule has 0 bridgehead atoms. The predicted molar refractivity (Wildman–Crippen MR) is 87.7 cm³/mol. The van der Waals surface area contributed by atoms with Gasteiger partial charge in [0.05, 0.1) is 16.8 Å². The number of hydrogen-bond acceptors (Lipinski definition) is 3. The monoisotopic (exact) mass is 362 g/mol. The van der Waals surface area contributed by atoms with Crippen molar-refractivity contribution in [2.45, 2.75) is 19.4 Å². The summed E-state index contributed by atoms with van der Waals surface area (Å²) in [4.78, 5) is 13.9. The maximum absolute atomic E-state index is 13.2. The van der Waals surface area contributed by atoms with Crippen LogP contribution in [0.15, 0.2) is 18.2 Å². The van der Waals surface area contributed by atoms with Crippen molar-refractivity contribution in [3.8, 4) is 0 Å². The first-order valence-corrected chi connectivity index (χ1v) is 9.77. The average molecular weight is 363 g/mol. The van der Waals surface area contributed by atoms with E-state index in [1.165, 1.54) is 18.4 Å². The average Bonchev–Trinajstić information content (AvgIpc) is 2.88. The fraction of sp³-hybridized carbons (Fsp3) is 0.533. The van der Waals surface area contributed by atoms with E-state index in [9.17, 15) is 17.6 Å². The number of nitrogens with zero attached hydrogens (tertiary/aromatic N) is 1. The molecule has 2 rings (SSSR count). The first-order valence-electron chi connectivity index (χ1n) is 7.34. The lowest BCUT2D eigenvalue weighted by Crippen LogP contribution is -2.40. The van der Waals surface area contributed by atoms with Gasteiger partial charge in [-0.25, -0.2) is 17.6 Å². The third-order valence-electron chi connectivity index (χ3n) is 3.90. The summed E-state index contributed by atoms with van der Waals surface area (Å²) in [5.41, 5.74) is 0.705. The first-order chi connectivity index (χ1) is 10.7. The summed E-state index contributed by atoms with van der Waals surface area (Å²) in [6.45, 7) is 2.74. The van der Waals surface area contributed by atoms with Crippen LogP contribution in [-0.4, -0.2) is 44.4 Å². The molecule has 1 aliphatic heterocycles. The molecular formula is C15H20ClFN2O3S. The fourth-order valence-electron chi connectivity index (χ4n) is 2.72. The number of carbonyl (C=O) groups is 1.